The van der Waals surface area contributed by atoms with Gasteiger partial charge in [-0.3, -0.25) is 9.59 Å². The fraction of sp³-hybridized carbons (Fsp3) is 0.176. The number of thioether (sulfide) groups is 1. The van der Waals surface area contributed by atoms with Crippen LogP contribution < -0.4 is 11.1 Å². The van der Waals surface area contributed by atoms with Crippen LogP contribution in [0.1, 0.15) is 26.7 Å². The van der Waals surface area contributed by atoms with Crippen molar-refractivity contribution in [2.45, 2.75) is 11.7 Å². The zero-order valence-electron chi connectivity index (χ0n) is 12.5. The molecule has 4 nitrogen and oxygen atoms in total. The number of benzene rings is 2. The van der Waals surface area contributed by atoms with Crippen LogP contribution in [-0.4, -0.2) is 17.6 Å². The molecule has 7 heteroatoms. The number of fused-ring (bicyclic) bond motifs is 1. The van der Waals surface area contributed by atoms with E-state index in [1.54, 1.807) is 0 Å². The summed E-state index contributed by atoms with van der Waals surface area (Å²) >= 11 is 1.45. The van der Waals surface area contributed by atoms with Crippen LogP contribution in [-0.2, 0) is 11.2 Å². The van der Waals surface area contributed by atoms with Gasteiger partial charge in [0.05, 0.1) is 11.3 Å². The van der Waals surface area contributed by atoms with Gasteiger partial charge >= 0.3 is 0 Å². The number of primary amides is 1. The topological polar surface area (TPSA) is 72.2 Å². The number of amides is 2. The average Bonchev–Trinajstić information content (AvgIpc) is 2.56. The summed E-state index contributed by atoms with van der Waals surface area (Å²) in [4.78, 5) is 23.7. The molecule has 2 aromatic rings. The highest BCUT2D eigenvalue weighted by Crippen LogP contribution is 2.37. The highest BCUT2D eigenvalue weighted by atomic mass is 32.2. The number of nitrogens with one attached hydrogen (secondary N) is 1. The molecule has 3 rings (SSSR count). The minimum Gasteiger partial charge on any atom is -0.366 e. The lowest BCUT2D eigenvalue weighted by molar-refractivity contribution is -0.115. The Kier molecular flexibility index (Phi) is 4.53. The van der Waals surface area contributed by atoms with Crippen molar-refractivity contribution in [2.24, 2.45) is 5.73 Å². The maximum atomic E-state index is 13.9. The number of rotatable bonds is 3. The molecule has 2 aromatic carbocycles. The van der Waals surface area contributed by atoms with Gasteiger partial charge in [0.15, 0.2) is 0 Å². The van der Waals surface area contributed by atoms with E-state index in [2.05, 4.69) is 5.32 Å². The van der Waals surface area contributed by atoms with Crippen LogP contribution in [0.2, 0.25) is 0 Å². The fourth-order valence-electron chi connectivity index (χ4n) is 2.64. The van der Waals surface area contributed by atoms with Crippen molar-refractivity contribution in [2.75, 3.05) is 11.1 Å². The van der Waals surface area contributed by atoms with Crippen molar-refractivity contribution in [3.8, 4) is 0 Å². The van der Waals surface area contributed by atoms with E-state index in [9.17, 15) is 18.4 Å². The lowest BCUT2D eigenvalue weighted by atomic mass is 10.0. The summed E-state index contributed by atoms with van der Waals surface area (Å²) in [5, 5.41) is 1.94. The Morgan fingerprint density at radius 1 is 1.17 bits per heavy atom. The van der Waals surface area contributed by atoms with Gasteiger partial charge in [-0.25, -0.2) is 8.78 Å². The Balaban J connectivity index is 1.89. The largest absolute Gasteiger partial charge is 0.366 e. The Hall–Kier alpha value is -2.41. The number of aryl methyl sites for hydroxylation is 1. The first-order valence-electron chi connectivity index (χ1n) is 7.26. The molecule has 0 saturated carbocycles. The molecule has 0 aromatic heterocycles. The number of hydrogen-bond donors (Lipinski definition) is 2. The predicted octanol–water partition coefficient (Wildman–Crippen LogP) is 3.03. The Morgan fingerprint density at radius 2 is 1.92 bits per heavy atom. The molecular weight excluding hydrogens is 334 g/mol. The molecule has 2 amide bonds. The standard InChI is InChI=1S/C17H14F2N2O2S/c18-12-8-13(19)14(7-11(12)16(20)22)21-17(23)15-10-4-2-1-3-9(10)5-6-24-15/h1-4,7-8,15H,5-6H2,(H2,20,22)(H,21,23)/t15-/m1/s1. The molecule has 24 heavy (non-hydrogen) atoms. The van der Waals surface area contributed by atoms with E-state index in [0.29, 0.717) is 6.07 Å². The predicted molar refractivity (Wildman–Crippen MR) is 88.9 cm³/mol. The van der Waals surface area contributed by atoms with Gasteiger partial charge in [0.1, 0.15) is 16.9 Å². The number of carbonyl (C=O) groups is 2. The van der Waals surface area contributed by atoms with E-state index in [1.165, 1.54) is 11.8 Å². The molecule has 1 heterocycles. The van der Waals surface area contributed by atoms with Gasteiger partial charge in [0.25, 0.3) is 5.91 Å². The lowest BCUT2D eigenvalue weighted by Crippen LogP contribution is -2.24. The highest BCUT2D eigenvalue weighted by Gasteiger charge is 2.27. The number of halogens is 2. The number of nitrogens with two attached hydrogens (primary N) is 1. The zero-order valence-corrected chi connectivity index (χ0v) is 13.3. The second kappa shape index (κ2) is 6.60. The second-order valence-corrected chi connectivity index (χ2v) is 6.58. The van der Waals surface area contributed by atoms with Gasteiger partial charge in [-0.1, -0.05) is 24.3 Å². The Morgan fingerprint density at radius 3 is 2.67 bits per heavy atom. The lowest BCUT2D eigenvalue weighted by Gasteiger charge is -2.24. The first kappa shape index (κ1) is 16.4. The van der Waals surface area contributed by atoms with Crippen molar-refractivity contribution in [1.29, 1.82) is 0 Å². The molecule has 0 fully saturated rings. The van der Waals surface area contributed by atoms with Crippen LogP contribution >= 0.6 is 11.8 Å². The van der Waals surface area contributed by atoms with E-state index in [0.717, 1.165) is 29.4 Å². The molecule has 0 saturated heterocycles. The van der Waals surface area contributed by atoms with Gasteiger partial charge in [0, 0.05) is 6.07 Å². The van der Waals surface area contributed by atoms with Gasteiger partial charge in [-0.15, -0.1) is 11.8 Å². The van der Waals surface area contributed by atoms with E-state index in [4.69, 9.17) is 5.73 Å². The van der Waals surface area contributed by atoms with Gasteiger partial charge in [-0.05, 0) is 29.4 Å². The van der Waals surface area contributed by atoms with Crippen molar-refractivity contribution < 1.29 is 18.4 Å². The third-order valence-corrected chi connectivity index (χ3v) is 5.05. The van der Waals surface area contributed by atoms with Crippen molar-refractivity contribution >= 4 is 29.3 Å². The average molecular weight is 348 g/mol. The summed E-state index contributed by atoms with van der Waals surface area (Å²) < 4.78 is 27.4. The van der Waals surface area contributed by atoms with E-state index in [1.807, 2.05) is 24.3 Å². The Bertz CT molecular complexity index is 826. The quantitative estimate of drug-likeness (QED) is 0.895. The monoisotopic (exact) mass is 348 g/mol. The summed E-state index contributed by atoms with van der Waals surface area (Å²) in [6.07, 6.45) is 0.862. The van der Waals surface area contributed by atoms with Crippen molar-refractivity contribution in [1.82, 2.24) is 0 Å². The van der Waals surface area contributed by atoms with Crippen LogP contribution in [0.15, 0.2) is 36.4 Å². The first-order valence-corrected chi connectivity index (χ1v) is 8.31. The van der Waals surface area contributed by atoms with Gasteiger partial charge in [-0.2, -0.15) is 0 Å². The van der Waals surface area contributed by atoms with Gasteiger partial charge in [0.2, 0.25) is 5.91 Å². The van der Waals surface area contributed by atoms with E-state index < -0.39 is 34.3 Å². The van der Waals surface area contributed by atoms with Crippen molar-refractivity contribution in [3.05, 3.63) is 64.7 Å². The molecule has 0 aliphatic carbocycles. The van der Waals surface area contributed by atoms with E-state index in [-0.39, 0.29) is 5.69 Å². The van der Waals surface area contributed by atoms with Gasteiger partial charge < -0.3 is 11.1 Å². The zero-order chi connectivity index (χ0) is 17.3. The molecular formula is C17H14F2N2O2S. The van der Waals surface area contributed by atoms with Crippen LogP contribution in [0.4, 0.5) is 14.5 Å². The number of carbonyl (C=O) groups excluding carboxylic acids is 2. The fourth-order valence-corrected chi connectivity index (χ4v) is 3.84. The third-order valence-electron chi connectivity index (χ3n) is 3.81. The molecule has 0 radical (unpaired) electrons. The van der Waals surface area contributed by atoms with Crippen LogP contribution in [0.3, 0.4) is 0 Å². The first-order chi connectivity index (χ1) is 11.5. The molecule has 3 N–H and O–H groups in total. The third kappa shape index (κ3) is 3.12. The summed E-state index contributed by atoms with van der Waals surface area (Å²) in [5.74, 6) is -2.70. The van der Waals surface area contributed by atoms with E-state index >= 15 is 0 Å². The maximum Gasteiger partial charge on any atom is 0.251 e. The summed E-state index contributed by atoms with van der Waals surface area (Å²) in [6.45, 7) is 0. The molecule has 1 aliphatic rings. The Labute approximate surface area is 141 Å². The maximum absolute atomic E-state index is 13.9. The molecule has 1 atom stereocenters. The molecule has 1 aliphatic heterocycles. The number of anilines is 1. The summed E-state index contributed by atoms with van der Waals surface area (Å²) in [5.41, 5.74) is 6.27. The second-order valence-electron chi connectivity index (χ2n) is 5.37. The highest BCUT2D eigenvalue weighted by molar-refractivity contribution is 8.00. The smallest absolute Gasteiger partial charge is 0.251 e. The minimum atomic E-state index is -1.06. The summed E-state index contributed by atoms with van der Waals surface area (Å²) in [6, 6.07) is 9.03. The molecule has 0 unspecified atom stereocenters. The molecule has 0 bridgehead atoms. The normalized spacial score (nSPS) is 16.3. The van der Waals surface area contributed by atoms with Crippen molar-refractivity contribution in [3.63, 3.8) is 0 Å². The molecule has 0 spiro atoms. The minimum absolute atomic E-state index is 0.265. The van der Waals surface area contributed by atoms with Crippen LogP contribution in [0.25, 0.3) is 0 Å². The van der Waals surface area contributed by atoms with Crippen LogP contribution in [0.5, 0.6) is 0 Å². The summed E-state index contributed by atoms with van der Waals surface area (Å²) in [7, 11) is 0. The van der Waals surface area contributed by atoms with Crippen LogP contribution in [0, 0.1) is 11.6 Å². The SMILES string of the molecule is NC(=O)c1cc(NC(=O)[C@@H]2SCCc3ccccc32)c(F)cc1F. The number of hydrogen-bond acceptors (Lipinski definition) is 3. The molecule has 124 valence electrons.